The van der Waals surface area contributed by atoms with E-state index in [1.807, 2.05) is 18.2 Å². The normalized spacial score (nSPS) is 16.3. The molecule has 1 N–H and O–H groups in total. The summed E-state index contributed by atoms with van der Waals surface area (Å²) in [4.78, 5) is 14.5. The van der Waals surface area contributed by atoms with Gasteiger partial charge in [0.15, 0.2) is 0 Å². The van der Waals surface area contributed by atoms with E-state index in [4.69, 9.17) is 0 Å². The lowest BCUT2D eigenvalue weighted by molar-refractivity contribution is -0.119. The predicted molar refractivity (Wildman–Crippen MR) is 110 cm³/mol. The van der Waals surface area contributed by atoms with E-state index in [-0.39, 0.29) is 16.7 Å². The summed E-state index contributed by atoms with van der Waals surface area (Å²) in [6.45, 7) is 2.59. The van der Waals surface area contributed by atoms with Gasteiger partial charge >= 0.3 is 0 Å². The highest BCUT2D eigenvalue weighted by Gasteiger charge is 2.39. The summed E-state index contributed by atoms with van der Waals surface area (Å²) in [7, 11) is -3.83. The van der Waals surface area contributed by atoms with E-state index in [1.165, 1.54) is 0 Å². The van der Waals surface area contributed by atoms with Crippen LogP contribution in [0.25, 0.3) is 0 Å². The first kappa shape index (κ1) is 18.5. The number of fused-ring (bicyclic) bond motifs is 1. The highest BCUT2D eigenvalue weighted by Crippen LogP contribution is 2.41. The molecule has 142 valence electrons. The van der Waals surface area contributed by atoms with E-state index in [0.29, 0.717) is 28.8 Å². The minimum atomic E-state index is -3.83. The molecule has 0 bridgehead atoms. The average Bonchev–Trinajstić information content (AvgIpc) is 3.41. The molecule has 1 fully saturated rings. The first-order chi connectivity index (χ1) is 12.9. The third-order valence-electron chi connectivity index (χ3n) is 5.09. The lowest BCUT2D eigenvalue weighted by Crippen LogP contribution is -2.31. The fourth-order valence-corrected chi connectivity index (χ4v) is 5.45. The summed E-state index contributed by atoms with van der Waals surface area (Å²) < 4.78 is 29.7. The summed E-state index contributed by atoms with van der Waals surface area (Å²) >= 11 is 3.42. The van der Waals surface area contributed by atoms with Crippen LogP contribution in [0.1, 0.15) is 30.9 Å². The second-order valence-electron chi connectivity index (χ2n) is 7.08. The molecule has 1 aliphatic heterocycles. The van der Waals surface area contributed by atoms with Crippen LogP contribution in [-0.2, 0) is 27.7 Å². The molecule has 0 spiro atoms. The molecular weight excluding hydrogens is 428 g/mol. The van der Waals surface area contributed by atoms with Gasteiger partial charge in [0.25, 0.3) is 10.0 Å². The fourth-order valence-electron chi connectivity index (χ4n) is 3.46. The van der Waals surface area contributed by atoms with Gasteiger partial charge in [-0.3, -0.25) is 9.52 Å². The van der Waals surface area contributed by atoms with E-state index in [9.17, 15) is 13.2 Å². The van der Waals surface area contributed by atoms with E-state index < -0.39 is 10.0 Å². The Bertz CT molecular complexity index is 999. The molecule has 1 heterocycles. The summed E-state index contributed by atoms with van der Waals surface area (Å²) in [5.41, 5.74) is 3.08. The molecule has 1 saturated carbocycles. The van der Waals surface area contributed by atoms with Gasteiger partial charge in [-0.15, -0.1) is 0 Å². The first-order valence-corrected chi connectivity index (χ1v) is 11.4. The molecule has 4 rings (SSSR count). The molecule has 2 aromatic carbocycles. The number of rotatable bonds is 5. The molecule has 0 aromatic heterocycles. The van der Waals surface area contributed by atoms with Crippen LogP contribution in [-0.4, -0.2) is 20.9 Å². The van der Waals surface area contributed by atoms with Gasteiger partial charge in [0, 0.05) is 22.6 Å². The number of nitrogens with zero attached hydrogens (tertiary/aromatic N) is 1. The third-order valence-corrected chi connectivity index (χ3v) is 6.94. The molecule has 0 unspecified atom stereocenters. The van der Waals surface area contributed by atoms with Crippen molar-refractivity contribution in [3.63, 3.8) is 0 Å². The molecule has 27 heavy (non-hydrogen) atoms. The molecule has 1 amide bonds. The molecule has 7 heteroatoms. The third kappa shape index (κ3) is 3.62. The standard InChI is InChI=1S/C20H21BrN2O3S/c1-2-13-3-7-17(8-4-13)22-27(25,26)18-12-16(21)11-15-9-10-23(19(15)18)20(24)14-5-6-14/h3-4,7-8,11-12,14,22H,2,5-6,9-10H2,1H3. The Morgan fingerprint density at radius 2 is 1.93 bits per heavy atom. The molecule has 2 aliphatic rings. The Morgan fingerprint density at radius 1 is 1.22 bits per heavy atom. The molecule has 0 atom stereocenters. The van der Waals surface area contributed by atoms with E-state index in [0.717, 1.165) is 30.4 Å². The zero-order valence-electron chi connectivity index (χ0n) is 15.0. The molecule has 2 aromatic rings. The van der Waals surface area contributed by atoms with Crippen molar-refractivity contribution < 1.29 is 13.2 Å². The number of amides is 1. The summed E-state index contributed by atoms with van der Waals surface area (Å²) in [6.07, 6.45) is 3.35. The maximum Gasteiger partial charge on any atom is 0.264 e. The van der Waals surface area contributed by atoms with Gasteiger partial charge in [0.1, 0.15) is 4.90 Å². The van der Waals surface area contributed by atoms with Crippen LogP contribution in [0.2, 0.25) is 0 Å². The highest BCUT2D eigenvalue weighted by molar-refractivity contribution is 9.10. The number of aryl methyl sites for hydroxylation is 1. The van der Waals surface area contributed by atoms with Crippen molar-refractivity contribution in [2.45, 2.75) is 37.5 Å². The maximum absolute atomic E-state index is 13.2. The Labute approximate surface area is 167 Å². The number of benzene rings is 2. The second kappa shape index (κ2) is 6.95. The van der Waals surface area contributed by atoms with Crippen molar-refractivity contribution in [3.8, 4) is 0 Å². The van der Waals surface area contributed by atoms with Crippen molar-refractivity contribution in [2.24, 2.45) is 5.92 Å². The number of sulfonamides is 1. The van der Waals surface area contributed by atoms with Crippen molar-refractivity contribution in [2.75, 3.05) is 16.2 Å². The van der Waals surface area contributed by atoms with E-state index >= 15 is 0 Å². The van der Waals surface area contributed by atoms with E-state index in [2.05, 4.69) is 27.6 Å². The quantitative estimate of drug-likeness (QED) is 0.747. The number of hydrogen-bond donors (Lipinski definition) is 1. The van der Waals surface area contributed by atoms with Crippen LogP contribution in [0.15, 0.2) is 45.8 Å². The van der Waals surface area contributed by atoms with Crippen LogP contribution >= 0.6 is 15.9 Å². The number of carbonyl (C=O) groups is 1. The SMILES string of the molecule is CCc1ccc(NS(=O)(=O)c2cc(Br)cc3c2N(C(=O)C2CC2)CC3)cc1. The number of carbonyl (C=O) groups excluding carboxylic acids is 1. The van der Waals surface area contributed by atoms with Gasteiger partial charge in [0.05, 0.1) is 5.69 Å². The van der Waals surface area contributed by atoms with Gasteiger partial charge in [-0.25, -0.2) is 8.42 Å². The fraction of sp³-hybridized carbons (Fsp3) is 0.350. The smallest absolute Gasteiger partial charge is 0.264 e. The van der Waals surface area contributed by atoms with Crippen LogP contribution in [0.4, 0.5) is 11.4 Å². The van der Waals surface area contributed by atoms with Crippen molar-refractivity contribution in [1.82, 2.24) is 0 Å². The zero-order valence-corrected chi connectivity index (χ0v) is 17.4. The lowest BCUT2D eigenvalue weighted by atomic mass is 10.2. The van der Waals surface area contributed by atoms with Gasteiger partial charge < -0.3 is 4.90 Å². The maximum atomic E-state index is 13.2. The number of hydrogen-bond acceptors (Lipinski definition) is 3. The number of anilines is 2. The Morgan fingerprint density at radius 3 is 2.56 bits per heavy atom. The summed E-state index contributed by atoms with van der Waals surface area (Å²) in [5.74, 6) is 0.0875. The predicted octanol–water partition coefficient (Wildman–Crippen LogP) is 4.11. The van der Waals surface area contributed by atoms with Gasteiger partial charge in [-0.1, -0.05) is 35.0 Å². The van der Waals surface area contributed by atoms with Gasteiger partial charge in [-0.05, 0) is 61.1 Å². The lowest BCUT2D eigenvalue weighted by Gasteiger charge is -2.21. The largest absolute Gasteiger partial charge is 0.310 e. The highest BCUT2D eigenvalue weighted by atomic mass is 79.9. The van der Waals surface area contributed by atoms with Gasteiger partial charge in [-0.2, -0.15) is 0 Å². The van der Waals surface area contributed by atoms with Crippen LogP contribution in [0.5, 0.6) is 0 Å². The summed E-state index contributed by atoms with van der Waals surface area (Å²) in [5, 5.41) is 0. The Hall–Kier alpha value is -1.86. The van der Waals surface area contributed by atoms with Crippen LogP contribution in [0, 0.1) is 5.92 Å². The molecule has 0 saturated heterocycles. The Balaban J connectivity index is 1.72. The minimum absolute atomic E-state index is 0.0415. The molecule has 5 nitrogen and oxygen atoms in total. The van der Waals surface area contributed by atoms with Crippen molar-refractivity contribution in [3.05, 3.63) is 52.0 Å². The van der Waals surface area contributed by atoms with E-state index in [1.54, 1.807) is 23.1 Å². The first-order valence-electron chi connectivity index (χ1n) is 9.14. The van der Waals surface area contributed by atoms with Crippen LogP contribution < -0.4 is 9.62 Å². The number of halogens is 1. The Kier molecular flexibility index (Phi) is 4.76. The van der Waals surface area contributed by atoms with Crippen LogP contribution in [0.3, 0.4) is 0 Å². The zero-order chi connectivity index (χ0) is 19.2. The average molecular weight is 449 g/mol. The topological polar surface area (TPSA) is 66.5 Å². The summed E-state index contributed by atoms with van der Waals surface area (Å²) in [6, 6.07) is 10.8. The molecule has 1 aliphatic carbocycles. The van der Waals surface area contributed by atoms with Gasteiger partial charge in [0.2, 0.25) is 5.91 Å². The minimum Gasteiger partial charge on any atom is -0.310 e. The molecular formula is C20H21BrN2O3S. The van der Waals surface area contributed by atoms with Crippen molar-refractivity contribution in [1.29, 1.82) is 0 Å². The van der Waals surface area contributed by atoms with Crippen molar-refractivity contribution >= 4 is 43.2 Å². The number of nitrogens with one attached hydrogen (secondary N) is 1. The second-order valence-corrected chi connectivity index (χ2v) is 9.65. The molecule has 0 radical (unpaired) electrons. The monoisotopic (exact) mass is 448 g/mol.